The summed E-state index contributed by atoms with van der Waals surface area (Å²) in [5, 5.41) is 21.4. The Morgan fingerprint density at radius 2 is 1.88 bits per heavy atom. The van der Waals surface area contributed by atoms with Crippen molar-refractivity contribution in [2.45, 2.75) is 11.3 Å². The molecule has 3 aromatic rings. The number of nitrogens with zero attached hydrogens (tertiary/aromatic N) is 3. The van der Waals surface area contributed by atoms with Crippen molar-refractivity contribution in [3.63, 3.8) is 0 Å². The monoisotopic (exact) mass is 461 g/mol. The van der Waals surface area contributed by atoms with Crippen molar-refractivity contribution in [2.75, 3.05) is 26.3 Å². The number of aliphatic hydroxyl groups is 1. The van der Waals surface area contributed by atoms with Crippen LogP contribution >= 0.6 is 0 Å². The summed E-state index contributed by atoms with van der Waals surface area (Å²) in [6.45, 7) is -0.425. The van der Waals surface area contributed by atoms with Crippen LogP contribution in [0, 0.1) is 10.1 Å². The summed E-state index contributed by atoms with van der Waals surface area (Å²) in [7, 11) is -2.50. The van der Waals surface area contributed by atoms with Crippen LogP contribution in [0.25, 0.3) is 10.9 Å². The number of pyridine rings is 1. The van der Waals surface area contributed by atoms with E-state index in [0.29, 0.717) is 12.2 Å². The van der Waals surface area contributed by atoms with Gasteiger partial charge in [-0.3, -0.25) is 14.9 Å². The predicted molar refractivity (Wildman–Crippen MR) is 118 cm³/mol. The van der Waals surface area contributed by atoms with Crippen molar-refractivity contribution in [3.05, 3.63) is 75.1 Å². The molecule has 3 rings (SSSR count). The summed E-state index contributed by atoms with van der Waals surface area (Å²) in [5.41, 5.74) is 0.127. The summed E-state index contributed by atoms with van der Waals surface area (Å²) in [6.07, 6.45) is 0.297. The van der Waals surface area contributed by atoms with Crippen LogP contribution in [-0.4, -0.2) is 53.6 Å². The molecule has 0 fully saturated rings. The molecule has 0 radical (unpaired) electrons. The largest absolute Gasteiger partial charge is 0.494 e. The maximum Gasteiger partial charge on any atom is 0.289 e. The molecule has 0 unspecified atom stereocenters. The van der Waals surface area contributed by atoms with Crippen molar-refractivity contribution < 1.29 is 23.2 Å². The second-order valence-electron chi connectivity index (χ2n) is 7.01. The van der Waals surface area contributed by atoms with Crippen molar-refractivity contribution in [1.29, 1.82) is 0 Å². The van der Waals surface area contributed by atoms with Crippen LogP contribution in [-0.2, 0) is 17.1 Å². The topological polar surface area (TPSA) is 132 Å². The fourth-order valence-electron chi connectivity index (χ4n) is 3.31. The summed E-state index contributed by atoms with van der Waals surface area (Å²) in [5.74, 6) is 0.561. The minimum atomic E-state index is -4.18. The second kappa shape index (κ2) is 9.90. The van der Waals surface area contributed by atoms with Gasteiger partial charge in [0.2, 0.25) is 10.0 Å². The van der Waals surface area contributed by atoms with E-state index in [0.717, 1.165) is 21.3 Å². The molecule has 11 heteroatoms. The lowest BCUT2D eigenvalue weighted by atomic mass is 10.2. The number of rotatable bonds is 10. The first-order chi connectivity index (χ1) is 15.3. The molecule has 0 saturated heterocycles. The molecule has 10 nitrogen and oxygen atoms in total. The van der Waals surface area contributed by atoms with E-state index in [9.17, 15) is 28.4 Å². The number of nitro benzene ring substituents is 1. The average Bonchev–Trinajstić information content (AvgIpc) is 2.78. The van der Waals surface area contributed by atoms with Crippen LogP contribution in [0.3, 0.4) is 0 Å². The van der Waals surface area contributed by atoms with Crippen molar-refractivity contribution in [3.8, 4) is 5.75 Å². The zero-order valence-electron chi connectivity index (χ0n) is 17.4. The third-order valence-electron chi connectivity index (χ3n) is 4.95. The van der Waals surface area contributed by atoms with E-state index in [1.165, 1.54) is 28.8 Å². The number of benzene rings is 2. The Morgan fingerprint density at radius 3 is 2.59 bits per heavy atom. The van der Waals surface area contributed by atoms with Gasteiger partial charge in [0, 0.05) is 37.7 Å². The smallest absolute Gasteiger partial charge is 0.289 e. The fourth-order valence-corrected chi connectivity index (χ4v) is 4.94. The Labute approximate surface area is 184 Å². The molecule has 170 valence electrons. The van der Waals surface area contributed by atoms with E-state index < -0.39 is 32.1 Å². The number of hydrogen-bond donors (Lipinski definition) is 1. The van der Waals surface area contributed by atoms with Gasteiger partial charge in [-0.05, 0) is 36.8 Å². The van der Waals surface area contributed by atoms with E-state index in [1.54, 1.807) is 31.3 Å². The number of nitro groups is 1. The first-order valence-corrected chi connectivity index (χ1v) is 11.3. The van der Waals surface area contributed by atoms with Gasteiger partial charge in [-0.25, -0.2) is 8.42 Å². The number of hydrogen-bond acceptors (Lipinski definition) is 7. The molecule has 0 amide bonds. The summed E-state index contributed by atoms with van der Waals surface area (Å²) >= 11 is 0. The standard InChI is InChI=1S/C21H23N3O7S/c1-22-18-9-8-17(15-16(18)7-10-21(22)26)31-14-4-11-23(12-13-25)32(29,30)20-6-3-2-5-19(20)24(27)28/h2-3,5-10,15,25H,4,11-14H2,1H3. The first-order valence-electron chi connectivity index (χ1n) is 9.82. The highest BCUT2D eigenvalue weighted by Gasteiger charge is 2.30. The number of aryl methyl sites for hydroxylation is 1. The summed E-state index contributed by atoms with van der Waals surface area (Å²) in [4.78, 5) is 21.8. The number of sulfonamides is 1. The molecule has 32 heavy (non-hydrogen) atoms. The third-order valence-corrected chi connectivity index (χ3v) is 6.89. The Balaban J connectivity index is 1.69. The van der Waals surface area contributed by atoms with Gasteiger partial charge in [-0.1, -0.05) is 12.1 Å². The van der Waals surface area contributed by atoms with Gasteiger partial charge in [0.1, 0.15) is 5.75 Å². The van der Waals surface area contributed by atoms with Gasteiger partial charge < -0.3 is 14.4 Å². The second-order valence-corrected chi connectivity index (χ2v) is 8.91. The minimum absolute atomic E-state index is 0.0109. The molecule has 1 heterocycles. The van der Waals surface area contributed by atoms with E-state index in [2.05, 4.69) is 0 Å². The lowest BCUT2D eigenvalue weighted by molar-refractivity contribution is -0.387. The van der Waals surface area contributed by atoms with Crippen LogP contribution in [0.1, 0.15) is 6.42 Å². The molecule has 0 aliphatic carbocycles. The number of aromatic nitrogens is 1. The minimum Gasteiger partial charge on any atom is -0.494 e. The number of fused-ring (bicyclic) bond motifs is 1. The van der Waals surface area contributed by atoms with Crippen LogP contribution in [0.2, 0.25) is 0 Å². The average molecular weight is 461 g/mol. The maximum atomic E-state index is 13.0. The molecule has 0 atom stereocenters. The summed E-state index contributed by atoms with van der Waals surface area (Å²) < 4.78 is 34.2. The molecule has 0 aliphatic heterocycles. The van der Waals surface area contributed by atoms with Crippen LogP contribution < -0.4 is 10.3 Å². The van der Waals surface area contributed by atoms with Crippen LogP contribution in [0.15, 0.2) is 64.3 Å². The van der Waals surface area contributed by atoms with Gasteiger partial charge in [0.25, 0.3) is 11.2 Å². The van der Waals surface area contributed by atoms with Crippen molar-refractivity contribution in [2.24, 2.45) is 7.05 Å². The zero-order valence-corrected chi connectivity index (χ0v) is 18.2. The van der Waals surface area contributed by atoms with Gasteiger partial charge in [-0.2, -0.15) is 4.31 Å². The molecule has 0 spiro atoms. The Kier molecular flexibility index (Phi) is 7.23. The zero-order chi connectivity index (χ0) is 23.3. The lowest BCUT2D eigenvalue weighted by Gasteiger charge is -2.21. The van der Waals surface area contributed by atoms with Crippen LogP contribution in [0.4, 0.5) is 5.69 Å². The van der Waals surface area contributed by atoms with Gasteiger partial charge in [0.15, 0.2) is 4.90 Å². The highest BCUT2D eigenvalue weighted by Crippen LogP contribution is 2.26. The Morgan fingerprint density at radius 1 is 1.12 bits per heavy atom. The molecule has 0 saturated carbocycles. The van der Waals surface area contributed by atoms with Gasteiger partial charge in [-0.15, -0.1) is 0 Å². The van der Waals surface area contributed by atoms with Crippen LogP contribution in [0.5, 0.6) is 5.75 Å². The van der Waals surface area contributed by atoms with Gasteiger partial charge >= 0.3 is 0 Å². The van der Waals surface area contributed by atoms with E-state index in [-0.39, 0.29) is 25.3 Å². The number of aliphatic hydroxyl groups excluding tert-OH is 1. The predicted octanol–water partition coefficient (Wildman–Crippen LogP) is 1.90. The third kappa shape index (κ3) is 4.96. The molecule has 0 bridgehead atoms. The van der Waals surface area contributed by atoms with Crippen molar-refractivity contribution in [1.82, 2.24) is 8.87 Å². The SMILES string of the molecule is Cn1c(=O)ccc2cc(OCCCN(CCO)S(=O)(=O)c3ccccc3[N+](=O)[O-])ccc21. The molecule has 2 aromatic carbocycles. The Hall–Kier alpha value is -3.28. The molecule has 1 aromatic heterocycles. The van der Waals surface area contributed by atoms with E-state index in [4.69, 9.17) is 4.74 Å². The highest BCUT2D eigenvalue weighted by molar-refractivity contribution is 7.89. The number of para-hydroxylation sites is 1. The Bertz CT molecular complexity index is 1290. The van der Waals surface area contributed by atoms with E-state index in [1.807, 2.05) is 0 Å². The number of ether oxygens (including phenoxy) is 1. The highest BCUT2D eigenvalue weighted by atomic mass is 32.2. The molecule has 1 N–H and O–H groups in total. The molecular weight excluding hydrogens is 438 g/mol. The first kappa shape index (κ1) is 23.4. The van der Waals surface area contributed by atoms with E-state index >= 15 is 0 Å². The maximum absolute atomic E-state index is 13.0. The molecular formula is C21H23N3O7S. The van der Waals surface area contributed by atoms with Gasteiger partial charge in [0.05, 0.1) is 23.7 Å². The molecule has 0 aliphatic rings. The fraction of sp³-hybridized carbons (Fsp3) is 0.286. The summed E-state index contributed by atoms with van der Waals surface area (Å²) in [6, 6.07) is 13.5. The quantitative estimate of drug-likeness (QED) is 0.277. The normalized spacial score (nSPS) is 11.7. The lowest BCUT2D eigenvalue weighted by Crippen LogP contribution is -2.35. The van der Waals surface area contributed by atoms with Crippen molar-refractivity contribution >= 4 is 26.6 Å².